The highest BCUT2D eigenvalue weighted by Crippen LogP contribution is 2.53. The van der Waals surface area contributed by atoms with Crippen LogP contribution in [0.3, 0.4) is 0 Å². The monoisotopic (exact) mass is 1990 g/mol. The lowest BCUT2D eigenvalue weighted by molar-refractivity contribution is -0.452. The minimum atomic E-state index is -3.84. The van der Waals surface area contributed by atoms with E-state index in [2.05, 4.69) is 36.2 Å². The van der Waals surface area contributed by atoms with E-state index in [-0.39, 0.29) is 118 Å². The molecule has 772 valence electrons. The Kier molecular flexibility index (Phi) is 40.8. The molecule has 6 saturated heterocycles. The Balaban J connectivity index is 0.000000231. The number of amides is 5. The van der Waals surface area contributed by atoms with E-state index >= 15 is 0 Å². The molecular weight excluding hydrogens is 1850 g/mol. The maximum absolute atomic E-state index is 13.3. The molecule has 9 heterocycles. The van der Waals surface area contributed by atoms with E-state index in [0.29, 0.717) is 36.3 Å². The number of carbonyl (C=O) groups is 5. The van der Waals surface area contributed by atoms with Gasteiger partial charge < -0.3 is 143 Å². The predicted molar refractivity (Wildman–Crippen MR) is 492 cm³/mol. The summed E-state index contributed by atoms with van der Waals surface area (Å²) in [7, 11) is -3.08. The van der Waals surface area contributed by atoms with Crippen LogP contribution in [0.1, 0.15) is 158 Å². The predicted octanol–water partition coefficient (Wildman–Crippen LogP) is 6.03. The fraction of sp³-hybridized carbons (Fsp3) is 0.656. The van der Waals surface area contributed by atoms with Crippen LogP contribution in [-0.4, -0.2) is 317 Å². The largest absolute Gasteiger partial charge is 0.530 e. The lowest BCUT2D eigenvalue weighted by Gasteiger charge is -2.58. The van der Waals surface area contributed by atoms with Gasteiger partial charge in [0.1, 0.15) is 67.1 Å². The maximum Gasteiger partial charge on any atom is 0.530 e. The molecule has 0 unspecified atom stereocenters. The van der Waals surface area contributed by atoms with Crippen molar-refractivity contribution in [2.24, 2.45) is 17.8 Å². The van der Waals surface area contributed by atoms with Gasteiger partial charge in [-0.1, -0.05) is 104 Å². The molecule has 45 heteroatoms. The number of aliphatic hydroxyl groups is 9. The second kappa shape index (κ2) is 49.7. The molecule has 3 aliphatic carbocycles. The zero-order valence-corrected chi connectivity index (χ0v) is 79.4. The second-order valence-corrected chi connectivity index (χ2v) is 37.9. The van der Waals surface area contributed by atoms with Gasteiger partial charge in [0.05, 0.1) is 155 Å². The molecule has 30 atom stereocenters. The fourth-order valence-corrected chi connectivity index (χ4v) is 21.1. The second-order valence-electron chi connectivity index (χ2n) is 34.7. The number of carbonyl (C=O) groups excluding carboxylic acids is 5. The number of pyridine rings is 3. The Morgan fingerprint density at radius 1 is 0.428 bits per heavy atom. The fourth-order valence-electron chi connectivity index (χ4n) is 18.7. The number of ether oxygens (including phenoxy) is 11. The average Bonchev–Trinajstić information content (AvgIpc) is 0.735. The Hall–Kier alpha value is -8.22. The highest BCUT2D eigenvalue weighted by Gasteiger charge is 2.69. The first-order valence-corrected chi connectivity index (χ1v) is 48.6. The molecule has 14 rings (SSSR count). The molecule has 0 spiro atoms. The topological polar surface area (TPSA) is 572 Å². The molecule has 43 nitrogen and oxygen atoms in total. The summed E-state index contributed by atoms with van der Waals surface area (Å²) in [6.07, 6.45) is -15.2. The van der Waals surface area contributed by atoms with Gasteiger partial charge in [-0.05, 0) is 142 Å². The summed E-state index contributed by atoms with van der Waals surface area (Å²) < 4.78 is 122. The van der Waals surface area contributed by atoms with Crippen molar-refractivity contribution in [3.8, 4) is 17.2 Å². The number of hydrogen-bond donors (Lipinski definition) is 14. The average molecular weight is 1990 g/mol. The Morgan fingerprint density at radius 2 is 0.739 bits per heavy atom. The Bertz CT molecular complexity index is 4780. The van der Waals surface area contributed by atoms with E-state index in [1.165, 1.54) is 72.8 Å². The lowest BCUT2D eigenvalue weighted by atomic mass is 9.74. The van der Waals surface area contributed by atoms with Gasteiger partial charge in [-0.25, -0.2) is 18.7 Å². The van der Waals surface area contributed by atoms with Crippen LogP contribution in [0.4, 0.5) is 9.59 Å². The van der Waals surface area contributed by atoms with Crippen LogP contribution >= 0.6 is 15.6 Å². The molecule has 5 aromatic rings. The molecule has 138 heavy (non-hydrogen) atoms. The summed E-state index contributed by atoms with van der Waals surface area (Å²) in [5.41, 5.74) is 2.67. The van der Waals surface area contributed by atoms with Crippen LogP contribution < -0.4 is 30.3 Å². The number of hydrogen-bond acceptors (Lipinski definition) is 38. The zero-order valence-electron chi connectivity index (χ0n) is 77.6. The molecule has 9 fully saturated rings. The van der Waals surface area contributed by atoms with Gasteiger partial charge in [-0.3, -0.25) is 47.4 Å². The Labute approximate surface area is 804 Å². The van der Waals surface area contributed by atoms with Gasteiger partial charge in [0.25, 0.3) is 0 Å². The highest BCUT2D eigenvalue weighted by molar-refractivity contribution is 7.49. The van der Waals surface area contributed by atoms with Crippen LogP contribution in [0, 0.1) is 17.8 Å². The van der Waals surface area contributed by atoms with Gasteiger partial charge in [-0.15, -0.1) is 0 Å². The van der Waals surface area contributed by atoms with E-state index in [1.807, 2.05) is 55.5 Å². The van der Waals surface area contributed by atoms with Gasteiger partial charge in [-0.2, -0.15) is 0 Å². The third-order valence-corrected chi connectivity index (χ3v) is 28.6. The maximum atomic E-state index is 13.3. The Morgan fingerprint density at radius 3 is 1.04 bits per heavy atom. The summed E-state index contributed by atoms with van der Waals surface area (Å²) in [6.45, 7) is 17.8. The van der Waals surface area contributed by atoms with Crippen molar-refractivity contribution in [3.05, 3.63) is 144 Å². The number of phosphoric ester groups is 2. The molecule has 14 N–H and O–H groups in total. The summed E-state index contributed by atoms with van der Waals surface area (Å²) >= 11 is 0. The third kappa shape index (κ3) is 26.1. The number of rotatable bonds is 31. The number of benzene rings is 2. The minimum Gasteiger partial charge on any atom is -0.506 e. The zero-order chi connectivity index (χ0) is 97.8. The van der Waals surface area contributed by atoms with Gasteiger partial charge in [0.15, 0.2) is 0 Å². The van der Waals surface area contributed by atoms with Crippen molar-refractivity contribution in [2.75, 3.05) is 47.6 Å². The van der Waals surface area contributed by atoms with E-state index < -0.39 is 227 Å². The molecule has 0 bridgehead atoms. The standard InChI is InChI=1S/C34H48N3O13P.C30H39N3O10.C26H42N3O11P.3CH4/c1-6-24-28(39)27(37(5)33(41)44-19-21-12-10-9-11-13-21)30-31(29(24)40)48-32-34(42,49-30)25(16-20(4)47-32)36-26(38)17-22-14-15-23(18-35-22)50-51(43,45-7-2)46-8-3;1-4-20-24(36)23(33(3)29(38)40-15-17-8-6-5-7-9-17)26-27(25(20)37)42-28-30(39,43-26)21(12-16(2)41-28)32-22(35)13-18-10-11-19(34)14-31-18;1-6-17-21(31)20(27-5)23-24(22(17)32)38-25-26(33,39-23)18(11-14(4)37-25)29-19(30)12-15-9-10-16(13-28-15)40-41(34,35-7-2)36-8-3;;;/h9-15,18,20,24-25,27-32,39-40,42H,6-8,16-17,19H2,1-5H3,(H,36,38);5-11,14,16,20-21,23-28,34,36-37,39H,4,12-13,15H2,1-3H3,(H,32,35);9-10,13-14,17-18,20-25,27,31-33H,6-8,11-12H2,1-5H3,(H,29,30);3*1H4/t20-,24-,25-,27+,28+,29+,30-,31-,32+,34+;16-,20-,21-,23+,24+,25+,26-,27-,28+,30+;14-,17-,18-,20+,21+,22+,23-,24-,25+,26+;;;/m111.../s1. The molecule has 3 aromatic heterocycles. The lowest BCUT2D eigenvalue weighted by Crippen LogP contribution is -2.77. The number of fused-ring (bicyclic) bond motifs is 6. The SMILES string of the molecule is C.C.C.CCOP(=O)(OCC)Oc1ccc(CC(=O)N[C@@H]2C[C@@H](C)O[C@H]3O[C@@H]4[C@@H](O)[C@H](CC)[C@H](O)[C@H](N(C)C(=O)OCc5ccccc5)[C@H]4O[C@]32O)nc1.CCOP(=O)(OCC)Oc1ccc(CC(=O)N[C@@H]2C[C@@H](C)O[C@H]3O[C@@H]4[C@@H](O)[C@H](CC)[C@H](O)[C@H](NC)[C@H]4O[C@]32O)nc1.CC[C@H]1[C@H](O)[C@H]2O[C@@H]3O[C@H](C)C[C@@H](NC(=O)Cc4ccc(O)cn4)[C@]3(O)O[C@@H]2[C@@H](N(C)C(=O)OCc2ccccc2)[C@H]1O. The molecule has 5 amide bonds. The van der Waals surface area contributed by atoms with Crippen molar-refractivity contribution in [1.82, 2.24) is 46.0 Å². The van der Waals surface area contributed by atoms with Crippen molar-refractivity contribution in [2.45, 2.75) is 327 Å². The molecule has 0 radical (unpaired) electrons. The first-order chi connectivity index (χ1) is 64.3. The van der Waals surface area contributed by atoms with Crippen LogP contribution in [0.5, 0.6) is 17.2 Å². The molecule has 2 aromatic carbocycles. The summed E-state index contributed by atoms with van der Waals surface area (Å²) in [5.74, 6) is -9.64. The van der Waals surface area contributed by atoms with Gasteiger partial charge in [0, 0.05) is 48.9 Å². The number of likely N-dealkylation sites (N-methyl/N-ethyl adjacent to an activating group) is 3. The third-order valence-electron chi connectivity index (χ3n) is 25.5. The summed E-state index contributed by atoms with van der Waals surface area (Å²) in [4.78, 5) is 80.8. The number of phosphoric acid groups is 2. The van der Waals surface area contributed by atoms with E-state index in [9.17, 15) is 84.2 Å². The molecule has 9 aliphatic rings. The van der Waals surface area contributed by atoms with Crippen LogP contribution in [0.25, 0.3) is 0 Å². The first-order valence-electron chi connectivity index (χ1n) is 45.7. The molecule has 3 saturated carbocycles. The normalized spacial score (nSPS) is 33.8. The molecular formula is C93H141N9O34P2. The van der Waals surface area contributed by atoms with Crippen LogP contribution in [-0.2, 0) is 126 Å². The van der Waals surface area contributed by atoms with Crippen molar-refractivity contribution >= 4 is 45.6 Å². The molecule has 6 aliphatic heterocycles. The van der Waals surface area contributed by atoms with Crippen molar-refractivity contribution < 1.29 is 163 Å². The van der Waals surface area contributed by atoms with Crippen molar-refractivity contribution in [1.29, 1.82) is 0 Å². The van der Waals surface area contributed by atoms with Crippen molar-refractivity contribution in [3.63, 3.8) is 0 Å². The summed E-state index contributed by atoms with van der Waals surface area (Å²) in [5, 5.41) is 124. The van der Waals surface area contributed by atoms with E-state index in [1.54, 1.807) is 87.6 Å². The smallest absolute Gasteiger partial charge is 0.506 e. The summed E-state index contributed by atoms with van der Waals surface area (Å²) in [6, 6.07) is 21.3. The quantitative estimate of drug-likeness (QED) is 0.0225. The van der Waals surface area contributed by atoms with Gasteiger partial charge in [0.2, 0.25) is 54.0 Å². The van der Waals surface area contributed by atoms with Gasteiger partial charge >= 0.3 is 27.8 Å². The first kappa shape index (κ1) is 113. The minimum absolute atomic E-state index is 0. The van der Waals surface area contributed by atoms with Crippen LogP contribution in [0.2, 0.25) is 0 Å². The van der Waals surface area contributed by atoms with E-state index in [0.717, 1.165) is 11.1 Å². The van der Waals surface area contributed by atoms with Crippen LogP contribution in [0.15, 0.2) is 116 Å². The number of aliphatic hydroxyl groups excluding tert-OH is 6. The number of nitrogens with zero attached hydrogens (tertiary/aromatic N) is 5. The number of nitrogens with one attached hydrogen (secondary N) is 4. The number of aromatic nitrogens is 3. The number of aromatic hydroxyl groups is 1. The van der Waals surface area contributed by atoms with E-state index in [4.69, 9.17) is 79.2 Å². The highest BCUT2D eigenvalue weighted by atomic mass is 31.2.